The molecule has 23 heavy (non-hydrogen) atoms. The van der Waals surface area contributed by atoms with Crippen LogP contribution in [0.25, 0.3) is 0 Å². The summed E-state index contributed by atoms with van der Waals surface area (Å²) in [4.78, 5) is 17.2. The van der Waals surface area contributed by atoms with Gasteiger partial charge in [-0.2, -0.15) is 16.9 Å². The van der Waals surface area contributed by atoms with Gasteiger partial charge in [-0.25, -0.2) is 0 Å². The van der Waals surface area contributed by atoms with Crippen molar-refractivity contribution >= 4 is 17.7 Å². The van der Waals surface area contributed by atoms with Gasteiger partial charge in [-0.05, 0) is 40.2 Å². The minimum absolute atomic E-state index is 0.00392. The zero-order valence-electron chi connectivity index (χ0n) is 14.5. The fraction of sp³-hybridized carbons (Fsp3) is 0.765. The molecule has 6 heteroatoms. The first-order chi connectivity index (χ1) is 10.9. The fourth-order valence-electron chi connectivity index (χ4n) is 3.33. The van der Waals surface area contributed by atoms with E-state index in [1.54, 1.807) is 0 Å². The van der Waals surface area contributed by atoms with E-state index in [0.717, 1.165) is 50.5 Å². The first-order valence-electron chi connectivity index (χ1n) is 8.60. The molecule has 1 aromatic heterocycles. The smallest absolute Gasteiger partial charge is 0.239 e. The molecule has 3 heterocycles. The van der Waals surface area contributed by atoms with E-state index < -0.39 is 0 Å². The molecule has 3 rings (SSSR count). The fourth-order valence-corrected chi connectivity index (χ4v) is 4.24. The molecule has 0 N–H and O–H groups in total. The molecule has 0 saturated carbocycles. The average molecular weight is 337 g/mol. The summed E-state index contributed by atoms with van der Waals surface area (Å²) in [6.45, 7) is 10.1. The van der Waals surface area contributed by atoms with Crippen LogP contribution in [0.4, 0.5) is 0 Å². The summed E-state index contributed by atoms with van der Waals surface area (Å²) in [7, 11) is 0. The van der Waals surface area contributed by atoms with E-state index in [2.05, 4.69) is 41.9 Å². The van der Waals surface area contributed by atoms with Crippen LogP contribution in [-0.4, -0.2) is 62.7 Å². The molecular weight excluding hydrogens is 308 g/mol. The molecule has 2 aliphatic rings. The number of nitrogens with zero attached hydrogens (tertiary/aromatic N) is 4. The van der Waals surface area contributed by atoms with Crippen molar-refractivity contribution in [3.63, 3.8) is 0 Å². The van der Waals surface area contributed by atoms with Crippen molar-refractivity contribution in [2.75, 3.05) is 31.1 Å². The largest absolute Gasteiger partial charge is 0.340 e. The highest BCUT2D eigenvalue weighted by atomic mass is 32.2. The van der Waals surface area contributed by atoms with Crippen LogP contribution >= 0.6 is 11.8 Å². The Morgan fingerprint density at radius 2 is 2.04 bits per heavy atom. The standard InChI is InChI=1S/C17H28N4OS/c1-17(2,3)21-13-14(11-18-21)12-20-6-4-5-15(20)16(22)19-7-9-23-10-8-19/h11,13,15H,4-10,12H2,1-3H3. The topological polar surface area (TPSA) is 41.4 Å². The lowest BCUT2D eigenvalue weighted by Gasteiger charge is -2.32. The number of thioether (sulfide) groups is 1. The van der Waals surface area contributed by atoms with Crippen LogP contribution < -0.4 is 0 Å². The Morgan fingerprint density at radius 3 is 2.70 bits per heavy atom. The second-order valence-electron chi connectivity index (χ2n) is 7.53. The Morgan fingerprint density at radius 1 is 1.30 bits per heavy atom. The van der Waals surface area contributed by atoms with Crippen LogP contribution in [0, 0.1) is 0 Å². The van der Waals surface area contributed by atoms with E-state index in [-0.39, 0.29) is 11.6 Å². The van der Waals surface area contributed by atoms with Crippen LogP contribution in [-0.2, 0) is 16.9 Å². The third-order valence-corrected chi connectivity index (χ3v) is 5.62. The molecule has 1 unspecified atom stereocenters. The number of hydrogen-bond donors (Lipinski definition) is 0. The number of amides is 1. The Balaban J connectivity index is 1.64. The second-order valence-corrected chi connectivity index (χ2v) is 8.75. The SMILES string of the molecule is CC(C)(C)n1cc(CN2CCCC2C(=O)N2CCSCC2)cn1. The van der Waals surface area contributed by atoms with Gasteiger partial charge in [0.15, 0.2) is 0 Å². The van der Waals surface area contributed by atoms with E-state index >= 15 is 0 Å². The lowest BCUT2D eigenvalue weighted by molar-refractivity contribution is -0.135. The number of carbonyl (C=O) groups excluding carboxylic acids is 1. The average Bonchev–Trinajstić information content (AvgIpc) is 3.17. The Bertz CT molecular complexity index is 545. The van der Waals surface area contributed by atoms with E-state index in [4.69, 9.17) is 0 Å². The molecular formula is C17H28N4OS. The summed E-state index contributed by atoms with van der Waals surface area (Å²) in [6, 6.07) is 0.0658. The second kappa shape index (κ2) is 6.85. The van der Waals surface area contributed by atoms with Crippen molar-refractivity contribution in [2.45, 2.75) is 51.7 Å². The van der Waals surface area contributed by atoms with Crippen molar-refractivity contribution in [1.82, 2.24) is 19.6 Å². The molecule has 1 atom stereocenters. The predicted octanol–water partition coefficient (Wildman–Crippen LogP) is 2.18. The molecule has 1 amide bonds. The Labute approximate surface area is 143 Å². The van der Waals surface area contributed by atoms with Crippen LogP contribution in [0.5, 0.6) is 0 Å². The maximum atomic E-state index is 12.8. The van der Waals surface area contributed by atoms with Gasteiger partial charge in [0.25, 0.3) is 0 Å². The molecule has 0 bridgehead atoms. The number of likely N-dealkylation sites (tertiary alicyclic amines) is 1. The van der Waals surface area contributed by atoms with Crippen molar-refractivity contribution in [3.05, 3.63) is 18.0 Å². The monoisotopic (exact) mass is 336 g/mol. The minimum Gasteiger partial charge on any atom is -0.340 e. The molecule has 1 aromatic rings. The van der Waals surface area contributed by atoms with E-state index in [1.807, 2.05) is 22.6 Å². The van der Waals surface area contributed by atoms with E-state index in [9.17, 15) is 4.79 Å². The van der Waals surface area contributed by atoms with Gasteiger partial charge in [-0.15, -0.1) is 0 Å². The summed E-state index contributed by atoms with van der Waals surface area (Å²) in [5.41, 5.74) is 1.21. The molecule has 2 saturated heterocycles. The normalized spacial score (nSPS) is 23.4. The van der Waals surface area contributed by atoms with Crippen LogP contribution in [0.1, 0.15) is 39.2 Å². The highest BCUT2D eigenvalue weighted by Gasteiger charge is 2.34. The zero-order chi connectivity index (χ0) is 16.4. The van der Waals surface area contributed by atoms with E-state index in [1.165, 1.54) is 5.56 Å². The molecule has 5 nitrogen and oxygen atoms in total. The van der Waals surface area contributed by atoms with Gasteiger partial charge in [0.1, 0.15) is 0 Å². The quantitative estimate of drug-likeness (QED) is 0.848. The molecule has 128 valence electrons. The molecule has 2 aliphatic heterocycles. The summed E-state index contributed by atoms with van der Waals surface area (Å²) in [5.74, 6) is 2.50. The summed E-state index contributed by atoms with van der Waals surface area (Å²) in [6.07, 6.45) is 6.18. The molecule has 0 aromatic carbocycles. The van der Waals surface area contributed by atoms with Crippen molar-refractivity contribution in [1.29, 1.82) is 0 Å². The first kappa shape index (κ1) is 16.8. The summed E-state index contributed by atoms with van der Waals surface area (Å²) in [5, 5.41) is 4.48. The van der Waals surface area contributed by atoms with Crippen LogP contribution in [0.2, 0.25) is 0 Å². The molecule has 2 fully saturated rings. The van der Waals surface area contributed by atoms with Crippen LogP contribution in [0.15, 0.2) is 12.4 Å². The summed E-state index contributed by atoms with van der Waals surface area (Å²) < 4.78 is 2.01. The molecule has 0 spiro atoms. The van der Waals surface area contributed by atoms with Gasteiger partial charge in [0, 0.05) is 42.9 Å². The predicted molar refractivity (Wildman–Crippen MR) is 94.6 cm³/mol. The summed E-state index contributed by atoms with van der Waals surface area (Å²) >= 11 is 1.95. The van der Waals surface area contributed by atoms with Crippen molar-refractivity contribution in [3.8, 4) is 0 Å². The lowest BCUT2D eigenvalue weighted by atomic mass is 10.1. The third kappa shape index (κ3) is 3.91. The Kier molecular flexibility index (Phi) is 5.01. The van der Waals surface area contributed by atoms with Gasteiger partial charge in [0.05, 0.1) is 17.8 Å². The Hall–Kier alpha value is -1.01. The number of aromatic nitrogens is 2. The molecule has 0 aliphatic carbocycles. The van der Waals surface area contributed by atoms with Gasteiger partial charge in [-0.3, -0.25) is 14.4 Å². The van der Waals surface area contributed by atoms with Crippen molar-refractivity contribution < 1.29 is 4.79 Å². The number of hydrogen-bond acceptors (Lipinski definition) is 4. The maximum Gasteiger partial charge on any atom is 0.239 e. The van der Waals surface area contributed by atoms with Crippen molar-refractivity contribution in [2.24, 2.45) is 0 Å². The van der Waals surface area contributed by atoms with Gasteiger partial charge < -0.3 is 4.90 Å². The van der Waals surface area contributed by atoms with Gasteiger partial charge >= 0.3 is 0 Å². The highest BCUT2D eigenvalue weighted by molar-refractivity contribution is 7.99. The van der Waals surface area contributed by atoms with Gasteiger partial charge in [0.2, 0.25) is 5.91 Å². The van der Waals surface area contributed by atoms with Gasteiger partial charge in [-0.1, -0.05) is 0 Å². The minimum atomic E-state index is 0.00392. The van der Waals surface area contributed by atoms with Crippen LogP contribution in [0.3, 0.4) is 0 Å². The maximum absolute atomic E-state index is 12.8. The highest BCUT2D eigenvalue weighted by Crippen LogP contribution is 2.24. The number of carbonyl (C=O) groups is 1. The zero-order valence-corrected chi connectivity index (χ0v) is 15.3. The third-order valence-electron chi connectivity index (χ3n) is 4.68. The lowest BCUT2D eigenvalue weighted by Crippen LogP contribution is -2.48. The van der Waals surface area contributed by atoms with E-state index in [0.29, 0.717) is 5.91 Å². The first-order valence-corrected chi connectivity index (χ1v) is 9.75. The molecule has 0 radical (unpaired) electrons. The number of rotatable bonds is 3.